The lowest BCUT2D eigenvalue weighted by Crippen LogP contribution is -2.12. The zero-order valence-electron chi connectivity index (χ0n) is 29.6. The first-order valence-electron chi connectivity index (χ1n) is 18.4. The quantitative estimate of drug-likeness (QED) is 0.166. The molecule has 0 saturated heterocycles. The fourth-order valence-electron chi connectivity index (χ4n) is 7.96. The fourth-order valence-corrected chi connectivity index (χ4v) is 7.96. The molecule has 0 spiro atoms. The molecule has 0 saturated carbocycles. The molecule has 254 valence electrons. The van der Waals surface area contributed by atoms with E-state index < -0.39 is 0 Å². The number of anilines is 3. The molecule has 1 aromatic heterocycles. The topological polar surface area (TPSA) is 16.4 Å². The zero-order chi connectivity index (χ0) is 35.8. The SMILES string of the molecule is c1ccc(-c2ccc(-c3ccccc3-c3ccccc3)c(-c3ccccc3N(c3ccc4c(c3)oc3ccccc34)c3cccc4ccccc34)c2)cc1. The van der Waals surface area contributed by atoms with Crippen LogP contribution in [0.5, 0.6) is 0 Å². The summed E-state index contributed by atoms with van der Waals surface area (Å²) in [6.45, 7) is 0. The molecular formula is C52H35NO. The van der Waals surface area contributed by atoms with Crippen LogP contribution in [-0.2, 0) is 0 Å². The lowest BCUT2D eigenvalue weighted by Gasteiger charge is -2.29. The minimum Gasteiger partial charge on any atom is -0.456 e. The van der Waals surface area contributed by atoms with Crippen LogP contribution in [0.25, 0.3) is 77.2 Å². The Morgan fingerprint density at radius 2 is 0.889 bits per heavy atom. The Hall–Kier alpha value is -7.16. The molecule has 0 fully saturated rings. The van der Waals surface area contributed by atoms with Crippen LogP contribution in [0.15, 0.2) is 217 Å². The molecule has 0 N–H and O–H groups in total. The molecule has 10 aromatic rings. The maximum absolute atomic E-state index is 6.49. The molecule has 10 rings (SSSR count). The molecule has 2 heteroatoms. The van der Waals surface area contributed by atoms with Crippen molar-refractivity contribution in [1.82, 2.24) is 0 Å². The van der Waals surface area contributed by atoms with Gasteiger partial charge in [-0.2, -0.15) is 0 Å². The van der Waals surface area contributed by atoms with Crippen molar-refractivity contribution in [2.45, 2.75) is 0 Å². The third kappa shape index (κ3) is 5.53. The van der Waals surface area contributed by atoms with Crippen molar-refractivity contribution in [3.63, 3.8) is 0 Å². The van der Waals surface area contributed by atoms with Gasteiger partial charge in [0, 0.05) is 33.5 Å². The molecular weight excluding hydrogens is 655 g/mol. The third-order valence-corrected chi connectivity index (χ3v) is 10.5. The monoisotopic (exact) mass is 689 g/mol. The van der Waals surface area contributed by atoms with Crippen molar-refractivity contribution in [2.24, 2.45) is 0 Å². The molecule has 0 amide bonds. The van der Waals surface area contributed by atoms with Crippen LogP contribution in [0.4, 0.5) is 17.1 Å². The zero-order valence-corrected chi connectivity index (χ0v) is 29.6. The molecule has 0 aliphatic heterocycles. The van der Waals surface area contributed by atoms with E-state index in [1.807, 2.05) is 12.1 Å². The molecule has 1 heterocycles. The third-order valence-electron chi connectivity index (χ3n) is 10.5. The van der Waals surface area contributed by atoms with Crippen LogP contribution >= 0.6 is 0 Å². The molecule has 0 bridgehead atoms. The molecule has 0 aliphatic rings. The first kappa shape index (κ1) is 31.6. The standard InChI is InChI=1S/C52H35NO/c1-3-16-36(17-4-1)39-30-32-44(43-24-10-9-22-41(43)37-18-5-2-6-19-37)48(34-39)45-25-11-13-27-50(45)53(49-28-15-21-38-20-7-8-23-42(38)49)40-31-33-47-46-26-12-14-29-51(46)54-52(47)35-40/h1-35H. The average molecular weight is 690 g/mol. The summed E-state index contributed by atoms with van der Waals surface area (Å²) in [6.07, 6.45) is 0. The summed E-state index contributed by atoms with van der Waals surface area (Å²) in [7, 11) is 0. The van der Waals surface area contributed by atoms with Gasteiger partial charge in [-0.05, 0) is 80.7 Å². The Kier molecular flexibility index (Phi) is 7.85. The van der Waals surface area contributed by atoms with Crippen molar-refractivity contribution in [3.8, 4) is 44.5 Å². The molecule has 0 atom stereocenters. The van der Waals surface area contributed by atoms with Crippen LogP contribution in [0.1, 0.15) is 0 Å². The van der Waals surface area contributed by atoms with Gasteiger partial charge < -0.3 is 9.32 Å². The first-order valence-corrected chi connectivity index (χ1v) is 18.4. The first-order chi connectivity index (χ1) is 26.8. The van der Waals surface area contributed by atoms with E-state index in [2.05, 4.69) is 205 Å². The number of furan rings is 1. The van der Waals surface area contributed by atoms with E-state index in [9.17, 15) is 0 Å². The minimum atomic E-state index is 0.861. The fraction of sp³-hybridized carbons (Fsp3) is 0. The van der Waals surface area contributed by atoms with Gasteiger partial charge in [-0.15, -0.1) is 0 Å². The van der Waals surface area contributed by atoms with E-state index in [0.717, 1.165) is 50.1 Å². The van der Waals surface area contributed by atoms with Gasteiger partial charge in [0.05, 0.1) is 11.4 Å². The van der Waals surface area contributed by atoms with Crippen molar-refractivity contribution in [3.05, 3.63) is 212 Å². The summed E-state index contributed by atoms with van der Waals surface area (Å²) >= 11 is 0. The van der Waals surface area contributed by atoms with E-state index >= 15 is 0 Å². The number of rotatable bonds is 7. The van der Waals surface area contributed by atoms with E-state index in [0.29, 0.717) is 0 Å². The lowest BCUT2D eigenvalue weighted by molar-refractivity contribution is 0.669. The largest absolute Gasteiger partial charge is 0.456 e. The van der Waals surface area contributed by atoms with E-state index in [-0.39, 0.29) is 0 Å². The van der Waals surface area contributed by atoms with Gasteiger partial charge in [-0.1, -0.05) is 170 Å². The highest BCUT2D eigenvalue weighted by atomic mass is 16.3. The minimum absolute atomic E-state index is 0.861. The molecule has 9 aromatic carbocycles. The van der Waals surface area contributed by atoms with Crippen molar-refractivity contribution < 1.29 is 4.42 Å². The Labute approximate surface area is 314 Å². The van der Waals surface area contributed by atoms with E-state index in [1.165, 1.54) is 44.2 Å². The lowest BCUT2D eigenvalue weighted by atomic mass is 9.86. The number of hydrogen-bond donors (Lipinski definition) is 0. The van der Waals surface area contributed by atoms with Gasteiger partial charge >= 0.3 is 0 Å². The smallest absolute Gasteiger partial charge is 0.137 e. The van der Waals surface area contributed by atoms with Crippen molar-refractivity contribution in [1.29, 1.82) is 0 Å². The highest BCUT2D eigenvalue weighted by Gasteiger charge is 2.23. The van der Waals surface area contributed by atoms with Crippen LogP contribution in [0.2, 0.25) is 0 Å². The molecule has 2 nitrogen and oxygen atoms in total. The predicted molar refractivity (Wildman–Crippen MR) is 228 cm³/mol. The Morgan fingerprint density at radius 3 is 1.72 bits per heavy atom. The number of benzene rings is 9. The van der Waals surface area contributed by atoms with Crippen LogP contribution in [0.3, 0.4) is 0 Å². The molecule has 54 heavy (non-hydrogen) atoms. The average Bonchev–Trinajstić information content (AvgIpc) is 3.62. The predicted octanol–water partition coefficient (Wildman–Crippen LogP) is 14.9. The second-order valence-corrected chi connectivity index (χ2v) is 13.7. The van der Waals surface area contributed by atoms with Crippen LogP contribution in [-0.4, -0.2) is 0 Å². The van der Waals surface area contributed by atoms with Gasteiger partial charge in [-0.3, -0.25) is 0 Å². The highest BCUT2D eigenvalue weighted by molar-refractivity contribution is 6.08. The second kappa shape index (κ2) is 13.4. The maximum atomic E-state index is 6.49. The van der Waals surface area contributed by atoms with Gasteiger partial charge in [0.2, 0.25) is 0 Å². The van der Waals surface area contributed by atoms with Gasteiger partial charge in [-0.25, -0.2) is 0 Å². The second-order valence-electron chi connectivity index (χ2n) is 13.7. The van der Waals surface area contributed by atoms with Gasteiger partial charge in [0.25, 0.3) is 0 Å². The molecule has 0 unspecified atom stereocenters. The summed E-state index contributed by atoms with van der Waals surface area (Å²) < 4.78 is 6.49. The summed E-state index contributed by atoms with van der Waals surface area (Å²) in [6, 6.07) is 76.0. The Balaban J connectivity index is 1.26. The Morgan fingerprint density at radius 1 is 0.296 bits per heavy atom. The van der Waals surface area contributed by atoms with E-state index in [4.69, 9.17) is 4.42 Å². The number of para-hydroxylation sites is 2. The number of fused-ring (bicyclic) bond motifs is 4. The highest BCUT2D eigenvalue weighted by Crippen LogP contribution is 2.48. The number of hydrogen-bond acceptors (Lipinski definition) is 2. The summed E-state index contributed by atoms with van der Waals surface area (Å²) in [5.41, 5.74) is 14.3. The normalized spacial score (nSPS) is 11.3. The summed E-state index contributed by atoms with van der Waals surface area (Å²) in [4.78, 5) is 2.41. The van der Waals surface area contributed by atoms with Crippen LogP contribution < -0.4 is 4.90 Å². The van der Waals surface area contributed by atoms with Gasteiger partial charge in [0.1, 0.15) is 11.2 Å². The number of nitrogens with zero attached hydrogens (tertiary/aromatic N) is 1. The Bertz CT molecular complexity index is 2940. The van der Waals surface area contributed by atoms with Crippen molar-refractivity contribution >= 4 is 49.8 Å². The molecule has 0 radical (unpaired) electrons. The summed E-state index contributed by atoms with van der Waals surface area (Å²) in [5, 5.41) is 4.59. The maximum Gasteiger partial charge on any atom is 0.137 e. The van der Waals surface area contributed by atoms with Crippen LogP contribution in [0, 0.1) is 0 Å². The van der Waals surface area contributed by atoms with E-state index in [1.54, 1.807) is 0 Å². The van der Waals surface area contributed by atoms with Crippen molar-refractivity contribution in [2.75, 3.05) is 4.90 Å². The van der Waals surface area contributed by atoms with Gasteiger partial charge in [0.15, 0.2) is 0 Å². The summed E-state index contributed by atoms with van der Waals surface area (Å²) in [5.74, 6) is 0. The molecule has 0 aliphatic carbocycles.